The van der Waals surface area contributed by atoms with Gasteiger partial charge in [0, 0.05) is 5.69 Å². The van der Waals surface area contributed by atoms with Gasteiger partial charge in [-0.15, -0.1) is 0 Å². The number of benzene rings is 2. The molecule has 3 N–H and O–H groups in total. The summed E-state index contributed by atoms with van der Waals surface area (Å²) in [4.78, 5) is -0.549. The molecule has 0 aromatic heterocycles. The van der Waals surface area contributed by atoms with Crippen molar-refractivity contribution in [3.05, 3.63) is 51.2 Å². The number of hydrogen-bond acceptors (Lipinski definition) is 3. The summed E-state index contributed by atoms with van der Waals surface area (Å²) < 4.78 is 40.8. The van der Waals surface area contributed by atoms with Gasteiger partial charge in [0.25, 0.3) is 10.0 Å². The lowest BCUT2D eigenvalue weighted by Crippen LogP contribution is -2.15. The van der Waals surface area contributed by atoms with Crippen molar-refractivity contribution in [3.8, 4) is 0 Å². The Morgan fingerprint density at radius 2 is 1.95 bits per heavy atom. The van der Waals surface area contributed by atoms with E-state index in [0.29, 0.717) is 0 Å². The molecule has 2 aromatic carbocycles. The van der Waals surface area contributed by atoms with Gasteiger partial charge in [-0.25, -0.2) is 12.8 Å². The Morgan fingerprint density at radius 1 is 1.29 bits per heavy atom. The normalized spacial score (nSPS) is 11.4. The fourth-order valence-corrected chi connectivity index (χ4v) is 3.73. The Morgan fingerprint density at radius 3 is 2.62 bits per heavy atom. The minimum Gasteiger partial charge on any atom is -0.399 e. The smallest absolute Gasteiger partial charge is 0.264 e. The van der Waals surface area contributed by atoms with Gasteiger partial charge in [-0.1, -0.05) is 17.7 Å². The van der Waals surface area contributed by atoms with E-state index in [2.05, 4.69) is 20.7 Å². The highest BCUT2D eigenvalue weighted by molar-refractivity contribution is 9.10. The Kier molecular flexibility index (Phi) is 4.46. The number of rotatable bonds is 3. The predicted molar refractivity (Wildman–Crippen MR) is 85.5 cm³/mol. The highest BCUT2D eigenvalue weighted by Crippen LogP contribution is 2.30. The molecule has 0 aliphatic carbocycles. The monoisotopic (exact) mass is 392 g/mol. The number of sulfonamides is 1. The largest absolute Gasteiger partial charge is 0.399 e. The molecular formula is C13H11BrClFN2O2S. The number of nitrogen functional groups attached to an aromatic ring is 1. The summed E-state index contributed by atoms with van der Waals surface area (Å²) in [6, 6.07) is 7.18. The summed E-state index contributed by atoms with van der Waals surface area (Å²) in [5, 5.41) is 0.215. The van der Waals surface area contributed by atoms with E-state index in [-0.39, 0.29) is 20.9 Å². The van der Waals surface area contributed by atoms with Crippen LogP contribution in [0.4, 0.5) is 15.8 Å². The zero-order valence-corrected chi connectivity index (χ0v) is 14.0. The summed E-state index contributed by atoms with van der Waals surface area (Å²) in [5.41, 5.74) is 6.67. The Bertz CT molecular complexity index is 812. The minimum absolute atomic E-state index is 0.0294. The molecule has 0 radical (unpaired) electrons. The number of anilines is 2. The Labute approximate surface area is 135 Å². The first-order valence-electron chi connectivity index (χ1n) is 5.74. The van der Waals surface area contributed by atoms with Gasteiger partial charge in [0.2, 0.25) is 0 Å². The van der Waals surface area contributed by atoms with E-state index in [0.717, 1.165) is 11.6 Å². The van der Waals surface area contributed by atoms with Crippen LogP contribution in [0.15, 0.2) is 39.7 Å². The molecule has 21 heavy (non-hydrogen) atoms. The average molecular weight is 394 g/mol. The number of nitrogens with one attached hydrogen (secondary N) is 1. The van der Waals surface area contributed by atoms with Crippen molar-refractivity contribution in [3.63, 3.8) is 0 Å². The van der Waals surface area contributed by atoms with Crippen molar-refractivity contribution >= 4 is 48.9 Å². The van der Waals surface area contributed by atoms with Crippen LogP contribution in [0.25, 0.3) is 0 Å². The zero-order valence-electron chi connectivity index (χ0n) is 10.8. The quantitative estimate of drug-likeness (QED) is 0.776. The highest BCUT2D eigenvalue weighted by Gasteiger charge is 2.22. The third kappa shape index (κ3) is 3.48. The van der Waals surface area contributed by atoms with Gasteiger partial charge < -0.3 is 5.73 Å². The van der Waals surface area contributed by atoms with Gasteiger partial charge in [0.15, 0.2) is 5.82 Å². The Balaban J connectivity index is 2.51. The second kappa shape index (κ2) is 5.82. The third-order valence-electron chi connectivity index (χ3n) is 2.67. The summed E-state index contributed by atoms with van der Waals surface area (Å²) in [5.74, 6) is -0.916. The lowest BCUT2D eigenvalue weighted by atomic mass is 10.2. The highest BCUT2D eigenvalue weighted by atomic mass is 79.9. The molecule has 0 spiro atoms. The fraction of sp³-hybridized carbons (Fsp3) is 0.0769. The molecule has 0 heterocycles. The van der Waals surface area contributed by atoms with E-state index in [4.69, 9.17) is 17.3 Å². The summed E-state index contributed by atoms with van der Waals surface area (Å²) in [6.07, 6.45) is 0. The van der Waals surface area contributed by atoms with Crippen LogP contribution in [-0.4, -0.2) is 8.42 Å². The fourth-order valence-electron chi connectivity index (χ4n) is 1.70. The van der Waals surface area contributed by atoms with Crippen LogP contribution in [0.5, 0.6) is 0 Å². The second-order valence-corrected chi connectivity index (χ2v) is 7.32. The molecule has 0 unspecified atom stereocenters. The van der Waals surface area contributed by atoms with E-state index in [1.165, 1.54) is 6.07 Å². The van der Waals surface area contributed by atoms with E-state index < -0.39 is 20.7 Å². The van der Waals surface area contributed by atoms with Crippen LogP contribution >= 0.6 is 27.5 Å². The molecule has 0 fully saturated rings. The van der Waals surface area contributed by atoms with Crippen molar-refractivity contribution in [1.29, 1.82) is 0 Å². The third-order valence-corrected chi connectivity index (χ3v) is 4.94. The van der Waals surface area contributed by atoms with Gasteiger partial charge in [0.05, 0.1) is 15.2 Å². The van der Waals surface area contributed by atoms with E-state index >= 15 is 0 Å². The lowest BCUT2D eigenvalue weighted by Gasteiger charge is -2.12. The molecule has 0 saturated heterocycles. The van der Waals surface area contributed by atoms with Gasteiger partial charge in [-0.2, -0.15) is 0 Å². The molecule has 8 heteroatoms. The zero-order chi connectivity index (χ0) is 15.8. The molecule has 0 atom stereocenters. The molecule has 2 aromatic rings. The molecule has 4 nitrogen and oxygen atoms in total. The van der Waals surface area contributed by atoms with Gasteiger partial charge in [0.1, 0.15) is 4.90 Å². The van der Waals surface area contributed by atoms with E-state index in [1.54, 1.807) is 25.1 Å². The summed E-state index contributed by atoms with van der Waals surface area (Å²) >= 11 is 8.86. The van der Waals surface area contributed by atoms with Gasteiger partial charge in [-0.3, -0.25) is 4.72 Å². The minimum atomic E-state index is -4.15. The molecule has 0 bridgehead atoms. The van der Waals surface area contributed by atoms with Crippen LogP contribution < -0.4 is 10.5 Å². The maximum Gasteiger partial charge on any atom is 0.264 e. The first kappa shape index (κ1) is 16.1. The molecular weight excluding hydrogens is 383 g/mol. The molecule has 0 saturated carbocycles. The number of halogens is 3. The number of hydrogen-bond donors (Lipinski definition) is 2. The van der Waals surface area contributed by atoms with Crippen molar-refractivity contribution in [2.24, 2.45) is 0 Å². The van der Waals surface area contributed by atoms with E-state index in [9.17, 15) is 12.8 Å². The van der Waals surface area contributed by atoms with Gasteiger partial charge >= 0.3 is 0 Å². The van der Waals surface area contributed by atoms with Crippen molar-refractivity contribution in [2.75, 3.05) is 10.5 Å². The van der Waals surface area contributed by atoms with Crippen molar-refractivity contribution in [1.82, 2.24) is 0 Å². The Hall–Kier alpha value is -1.31. The standard InChI is InChI=1S/C13H11BrClFN2O2S/c1-7-2-3-10(15)11(4-7)18-21(19,20)12-6-8(17)5-9(14)13(12)16/h2-6,18H,17H2,1H3. The van der Waals surface area contributed by atoms with Crippen LogP contribution in [0.3, 0.4) is 0 Å². The first-order chi connectivity index (χ1) is 9.70. The number of nitrogens with two attached hydrogens (primary N) is 1. The van der Waals surface area contributed by atoms with Crippen LogP contribution in [0, 0.1) is 12.7 Å². The second-order valence-electron chi connectivity index (χ2n) is 4.40. The molecule has 0 aliphatic rings. The molecule has 112 valence electrons. The number of aryl methyl sites for hydroxylation is 1. The summed E-state index contributed by atoms with van der Waals surface area (Å²) in [6.45, 7) is 1.78. The SMILES string of the molecule is Cc1ccc(Cl)c(NS(=O)(=O)c2cc(N)cc(Br)c2F)c1. The predicted octanol–water partition coefficient (Wildman–Crippen LogP) is 3.93. The summed E-state index contributed by atoms with van der Waals surface area (Å²) in [7, 11) is -4.15. The average Bonchev–Trinajstić information content (AvgIpc) is 2.37. The van der Waals surface area contributed by atoms with Crippen LogP contribution in [-0.2, 0) is 10.0 Å². The van der Waals surface area contributed by atoms with Crippen LogP contribution in [0.1, 0.15) is 5.56 Å². The molecule has 0 amide bonds. The maximum absolute atomic E-state index is 14.0. The van der Waals surface area contributed by atoms with Crippen molar-refractivity contribution < 1.29 is 12.8 Å². The van der Waals surface area contributed by atoms with Crippen LogP contribution in [0.2, 0.25) is 5.02 Å². The lowest BCUT2D eigenvalue weighted by molar-refractivity contribution is 0.567. The maximum atomic E-state index is 14.0. The molecule has 0 aliphatic heterocycles. The topological polar surface area (TPSA) is 72.2 Å². The van der Waals surface area contributed by atoms with Crippen molar-refractivity contribution in [2.45, 2.75) is 11.8 Å². The van der Waals surface area contributed by atoms with Gasteiger partial charge in [-0.05, 0) is 52.7 Å². The first-order valence-corrected chi connectivity index (χ1v) is 8.39. The van der Waals surface area contributed by atoms with E-state index in [1.807, 2.05) is 0 Å². The molecule has 2 rings (SSSR count).